The highest BCUT2D eigenvalue weighted by molar-refractivity contribution is 9.10. The van der Waals surface area contributed by atoms with E-state index in [0.717, 1.165) is 12.5 Å². The normalized spacial score (nSPS) is 24.4. The van der Waals surface area contributed by atoms with Crippen LogP contribution in [0.25, 0.3) is 0 Å². The third-order valence-corrected chi connectivity index (χ3v) is 4.58. The Kier molecular flexibility index (Phi) is 3.62. The molecule has 98 valence electrons. The first-order valence-corrected chi connectivity index (χ1v) is 7.84. The summed E-state index contributed by atoms with van der Waals surface area (Å²) < 4.78 is 1.18. The SMILES string of the molecule is CCc1cc(Br)ccc1NC1CCN(C2CC2)C1. The van der Waals surface area contributed by atoms with E-state index in [1.807, 2.05) is 0 Å². The minimum Gasteiger partial charge on any atom is -0.381 e. The van der Waals surface area contributed by atoms with Crippen molar-refractivity contribution in [2.75, 3.05) is 18.4 Å². The molecule has 2 aliphatic rings. The van der Waals surface area contributed by atoms with E-state index in [2.05, 4.69) is 51.3 Å². The first kappa shape index (κ1) is 12.5. The molecule has 1 unspecified atom stereocenters. The van der Waals surface area contributed by atoms with Crippen LogP contribution in [0.3, 0.4) is 0 Å². The molecule has 2 fully saturated rings. The topological polar surface area (TPSA) is 15.3 Å². The van der Waals surface area contributed by atoms with Crippen LogP contribution in [-0.4, -0.2) is 30.1 Å². The van der Waals surface area contributed by atoms with Crippen LogP contribution in [0, 0.1) is 0 Å². The lowest BCUT2D eigenvalue weighted by atomic mass is 10.1. The summed E-state index contributed by atoms with van der Waals surface area (Å²) in [7, 11) is 0. The second kappa shape index (κ2) is 5.22. The molecular weight excluding hydrogens is 288 g/mol. The van der Waals surface area contributed by atoms with Crippen LogP contribution in [-0.2, 0) is 6.42 Å². The van der Waals surface area contributed by atoms with Gasteiger partial charge in [-0.15, -0.1) is 0 Å². The lowest BCUT2D eigenvalue weighted by molar-refractivity contribution is 0.326. The average molecular weight is 309 g/mol. The molecule has 2 nitrogen and oxygen atoms in total. The molecule has 1 aromatic rings. The summed E-state index contributed by atoms with van der Waals surface area (Å²) in [5, 5.41) is 3.74. The molecule has 1 heterocycles. The van der Waals surface area contributed by atoms with E-state index in [-0.39, 0.29) is 0 Å². The highest BCUT2D eigenvalue weighted by atomic mass is 79.9. The summed E-state index contributed by atoms with van der Waals surface area (Å²) in [4.78, 5) is 2.65. The number of nitrogens with one attached hydrogen (secondary N) is 1. The molecule has 1 N–H and O–H groups in total. The highest BCUT2D eigenvalue weighted by Gasteiger charge is 2.34. The molecule has 1 atom stereocenters. The van der Waals surface area contributed by atoms with Crippen LogP contribution >= 0.6 is 15.9 Å². The first-order valence-electron chi connectivity index (χ1n) is 7.05. The van der Waals surface area contributed by atoms with Gasteiger partial charge in [-0.05, 0) is 49.4 Å². The number of halogens is 1. The van der Waals surface area contributed by atoms with Crippen molar-refractivity contribution in [3.8, 4) is 0 Å². The third-order valence-electron chi connectivity index (χ3n) is 4.09. The summed E-state index contributed by atoms with van der Waals surface area (Å²) in [6, 6.07) is 8.12. The van der Waals surface area contributed by atoms with Gasteiger partial charge in [0, 0.05) is 35.3 Å². The second-order valence-electron chi connectivity index (χ2n) is 5.51. The summed E-state index contributed by atoms with van der Waals surface area (Å²) in [5.41, 5.74) is 2.73. The number of rotatable bonds is 4. The maximum atomic E-state index is 3.74. The predicted molar refractivity (Wildman–Crippen MR) is 80.1 cm³/mol. The first-order chi connectivity index (χ1) is 8.76. The number of benzene rings is 1. The van der Waals surface area contributed by atoms with Gasteiger partial charge in [-0.3, -0.25) is 4.90 Å². The van der Waals surface area contributed by atoms with E-state index < -0.39 is 0 Å². The Hall–Kier alpha value is -0.540. The molecular formula is C15H21BrN2. The largest absolute Gasteiger partial charge is 0.381 e. The van der Waals surface area contributed by atoms with Crippen LogP contribution < -0.4 is 5.32 Å². The van der Waals surface area contributed by atoms with Crippen molar-refractivity contribution in [3.05, 3.63) is 28.2 Å². The molecule has 0 amide bonds. The van der Waals surface area contributed by atoms with Gasteiger partial charge in [0.2, 0.25) is 0 Å². The predicted octanol–water partition coefficient (Wildman–Crippen LogP) is 3.66. The van der Waals surface area contributed by atoms with E-state index in [9.17, 15) is 0 Å². The van der Waals surface area contributed by atoms with Crippen LogP contribution in [0.5, 0.6) is 0 Å². The van der Waals surface area contributed by atoms with Crippen molar-refractivity contribution in [1.82, 2.24) is 4.90 Å². The number of nitrogens with zero attached hydrogens (tertiary/aromatic N) is 1. The lowest BCUT2D eigenvalue weighted by Gasteiger charge is -2.18. The summed E-state index contributed by atoms with van der Waals surface area (Å²) >= 11 is 3.55. The lowest BCUT2D eigenvalue weighted by Crippen LogP contribution is -2.28. The van der Waals surface area contributed by atoms with Crippen molar-refractivity contribution >= 4 is 21.6 Å². The van der Waals surface area contributed by atoms with Gasteiger partial charge < -0.3 is 5.32 Å². The number of likely N-dealkylation sites (tertiary alicyclic amines) is 1. The Morgan fingerprint density at radius 3 is 2.89 bits per heavy atom. The van der Waals surface area contributed by atoms with Gasteiger partial charge in [-0.1, -0.05) is 22.9 Å². The van der Waals surface area contributed by atoms with Crippen molar-refractivity contribution < 1.29 is 0 Å². The quantitative estimate of drug-likeness (QED) is 0.913. The fraction of sp³-hybridized carbons (Fsp3) is 0.600. The molecule has 0 spiro atoms. The van der Waals surface area contributed by atoms with Gasteiger partial charge in [-0.25, -0.2) is 0 Å². The number of hydrogen-bond donors (Lipinski definition) is 1. The number of aryl methyl sites for hydroxylation is 1. The van der Waals surface area contributed by atoms with Gasteiger partial charge in [0.25, 0.3) is 0 Å². The minimum absolute atomic E-state index is 0.636. The molecule has 1 aromatic carbocycles. The van der Waals surface area contributed by atoms with Crippen molar-refractivity contribution in [3.63, 3.8) is 0 Å². The standard InChI is InChI=1S/C15H21BrN2/c1-2-11-9-12(16)3-6-15(11)17-13-7-8-18(10-13)14-4-5-14/h3,6,9,13-14,17H,2,4-5,7-8,10H2,1H3. The Bertz CT molecular complexity index is 429. The molecule has 1 aliphatic heterocycles. The summed E-state index contributed by atoms with van der Waals surface area (Å²) in [5.74, 6) is 0. The molecule has 1 aliphatic carbocycles. The summed E-state index contributed by atoms with van der Waals surface area (Å²) in [6.45, 7) is 4.72. The van der Waals surface area contributed by atoms with Crippen molar-refractivity contribution in [2.45, 2.75) is 44.7 Å². The van der Waals surface area contributed by atoms with Crippen molar-refractivity contribution in [2.24, 2.45) is 0 Å². The molecule has 1 saturated carbocycles. The zero-order chi connectivity index (χ0) is 12.5. The summed E-state index contributed by atoms with van der Waals surface area (Å²) in [6.07, 6.45) is 5.22. The van der Waals surface area contributed by atoms with E-state index >= 15 is 0 Å². The number of hydrogen-bond acceptors (Lipinski definition) is 2. The smallest absolute Gasteiger partial charge is 0.0400 e. The Morgan fingerprint density at radius 2 is 2.17 bits per heavy atom. The van der Waals surface area contributed by atoms with Gasteiger partial charge in [0.05, 0.1) is 0 Å². The van der Waals surface area contributed by atoms with Crippen LogP contribution in [0.2, 0.25) is 0 Å². The zero-order valence-electron chi connectivity index (χ0n) is 11.0. The fourth-order valence-electron chi connectivity index (χ4n) is 2.89. The molecule has 18 heavy (non-hydrogen) atoms. The van der Waals surface area contributed by atoms with Crippen molar-refractivity contribution in [1.29, 1.82) is 0 Å². The van der Waals surface area contributed by atoms with E-state index in [1.165, 1.54) is 48.1 Å². The van der Waals surface area contributed by atoms with Gasteiger partial charge >= 0.3 is 0 Å². The Labute approximate surface area is 118 Å². The van der Waals surface area contributed by atoms with Crippen LogP contribution in [0.1, 0.15) is 31.7 Å². The maximum Gasteiger partial charge on any atom is 0.0400 e. The van der Waals surface area contributed by atoms with Gasteiger partial charge in [0.15, 0.2) is 0 Å². The van der Waals surface area contributed by atoms with Crippen LogP contribution in [0.4, 0.5) is 5.69 Å². The van der Waals surface area contributed by atoms with Gasteiger partial charge in [-0.2, -0.15) is 0 Å². The molecule has 3 rings (SSSR count). The molecule has 3 heteroatoms. The molecule has 1 saturated heterocycles. The van der Waals surface area contributed by atoms with E-state index in [4.69, 9.17) is 0 Å². The highest BCUT2D eigenvalue weighted by Crippen LogP contribution is 2.31. The fourth-order valence-corrected chi connectivity index (χ4v) is 3.30. The van der Waals surface area contributed by atoms with Crippen LogP contribution in [0.15, 0.2) is 22.7 Å². The second-order valence-corrected chi connectivity index (χ2v) is 6.43. The number of anilines is 1. The monoisotopic (exact) mass is 308 g/mol. The third kappa shape index (κ3) is 2.72. The zero-order valence-corrected chi connectivity index (χ0v) is 12.5. The molecule has 0 bridgehead atoms. The molecule has 0 radical (unpaired) electrons. The van der Waals surface area contributed by atoms with E-state index in [1.54, 1.807) is 0 Å². The molecule has 0 aromatic heterocycles. The Morgan fingerprint density at radius 1 is 1.33 bits per heavy atom. The van der Waals surface area contributed by atoms with Gasteiger partial charge in [0.1, 0.15) is 0 Å². The van der Waals surface area contributed by atoms with E-state index in [0.29, 0.717) is 6.04 Å². The average Bonchev–Trinajstić information content (AvgIpc) is 3.12. The Balaban J connectivity index is 1.65. The minimum atomic E-state index is 0.636. The maximum absolute atomic E-state index is 3.74.